The molecule has 1 N–H and O–H groups in total. The van der Waals surface area contributed by atoms with Crippen molar-refractivity contribution in [1.82, 2.24) is 10.2 Å². The Hall–Kier alpha value is -0.220. The highest BCUT2D eigenvalue weighted by Crippen LogP contribution is 2.30. The Morgan fingerprint density at radius 2 is 2.20 bits per heavy atom. The van der Waals surface area contributed by atoms with Gasteiger partial charge in [-0.05, 0) is 25.0 Å². The van der Waals surface area contributed by atoms with Crippen molar-refractivity contribution in [3.05, 3.63) is 0 Å². The van der Waals surface area contributed by atoms with Gasteiger partial charge in [-0.25, -0.2) is 0 Å². The van der Waals surface area contributed by atoms with Crippen LogP contribution in [0.25, 0.3) is 0 Å². The molecule has 2 fully saturated rings. The van der Waals surface area contributed by atoms with E-state index < -0.39 is 0 Å². The van der Waals surface area contributed by atoms with Crippen LogP contribution in [0.15, 0.2) is 0 Å². The molecule has 2 aliphatic rings. The molecule has 86 valence electrons. The minimum Gasteiger partial charge on any atom is -0.325 e. The summed E-state index contributed by atoms with van der Waals surface area (Å²) in [5.74, 6) is 2.05. The zero-order valence-corrected chi connectivity index (χ0v) is 10.2. The Bertz CT molecular complexity index is 229. The Kier molecular flexibility index (Phi) is 3.92. The van der Waals surface area contributed by atoms with Gasteiger partial charge in [-0.1, -0.05) is 12.8 Å². The van der Waals surface area contributed by atoms with Crippen LogP contribution in [0.2, 0.25) is 0 Å². The molecule has 1 atom stereocenters. The van der Waals surface area contributed by atoms with E-state index >= 15 is 0 Å². The zero-order chi connectivity index (χ0) is 10.7. The average Bonchev–Trinajstić information content (AvgIpc) is 2.84. The average molecular weight is 228 g/mol. The molecule has 3 nitrogen and oxygen atoms in total. The molecule has 2 rings (SSSR count). The van der Waals surface area contributed by atoms with Crippen molar-refractivity contribution in [3.8, 4) is 0 Å². The van der Waals surface area contributed by atoms with Gasteiger partial charge < -0.3 is 4.90 Å². The van der Waals surface area contributed by atoms with Crippen LogP contribution in [0, 0.1) is 5.92 Å². The molecule has 1 saturated heterocycles. The number of carbonyl (C=O) groups is 1. The normalized spacial score (nSPS) is 27.9. The van der Waals surface area contributed by atoms with E-state index in [4.69, 9.17) is 0 Å². The minimum atomic E-state index is 0.293. The van der Waals surface area contributed by atoms with E-state index in [0.29, 0.717) is 24.5 Å². The number of nitrogens with one attached hydrogen (secondary N) is 1. The first-order valence-electron chi connectivity index (χ1n) is 5.84. The monoisotopic (exact) mass is 228 g/mol. The van der Waals surface area contributed by atoms with E-state index in [1.807, 2.05) is 11.8 Å². The topological polar surface area (TPSA) is 32.3 Å². The summed E-state index contributed by atoms with van der Waals surface area (Å²) < 4.78 is 0. The molecule has 15 heavy (non-hydrogen) atoms. The van der Waals surface area contributed by atoms with Gasteiger partial charge in [0.1, 0.15) is 0 Å². The maximum Gasteiger partial charge on any atom is 0.237 e. The van der Waals surface area contributed by atoms with Gasteiger partial charge in [-0.15, -0.1) is 0 Å². The van der Waals surface area contributed by atoms with Crippen molar-refractivity contribution in [2.24, 2.45) is 5.92 Å². The summed E-state index contributed by atoms with van der Waals surface area (Å²) in [6.45, 7) is 1.46. The highest BCUT2D eigenvalue weighted by molar-refractivity contribution is 7.98. The van der Waals surface area contributed by atoms with Crippen molar-refractivity contribution in [2.75, 3.05) is 25.1 Å². The standard InChI is InChI=1S/C11H20N2OS/c1-15-7-6-13-10(14)8-12-11(13)9-4-2-3-5-9/h9,11-12H,2-8H2,1H3. The lowest BCUT2D eigenvalue weighted by Gasteiger charge is -2.28. The minimum absolute atomic E-state index is 0.293. The number of amides is 1. The van der Waals surface area contributed by atoms with Crippen LogP contribution in [-0.4, -0.2) is 42.1 Å². The summed E-state index contributed by atoms with van der Waals surface area (Å²) in [7, 11) is 0. The molecule has 1 amide bonds. The molecule has 1 aliphatic heterocycles. The van der Waals surface area contributed by atoms with Crippen LogP contribution in [0.3, 0.4) is 0 Å². The Morgan fingerprint density at radius 1 is 1.47 bits per heavy atom. The number of hydrogen-bond acceptors (Lipinski definition) is 3. The first-order chi connectivity index (χ1) is 7.33. The fourth-order valence-electron chi connectivity index (χ4n) is 2.71. The molecule has 4 heteroatoms. The lowest BCUT2D eigenvalue weighted by Crippen LogP contribution is -2.43. The zero-order valence-electron chi connectivity index (χ0n) is 9.37. The van der Waals surface area contributed by atoms with Crippen LogP contribution in [-0.2, 0) is 4.79 Å². The van der Waals surface area contributed by atoms with Gasteiger partial charge in [0.15, 0.2) is 0 Å². The first kappa shape index (κ1) is 11.3. The third-order valence-corrected chi connectivity index (χ3v) is 4.09. The molecule has 1 unspecified atom stereocenters. The predicted octanol–water partition coefficient (Wildman–Crippen LogP) is 1.30. The van der Waals surface area contributed by atoms with Crippen molar-refractivity contribution in [1.29, 1.82) is 0 Å². The Balaban J connectivity index is 1.93. The number of thioether (sulfide) groups is 1. The number of hydrogen-bond donors (Lipinski definition) is 1. The second kappa shape index (κ2) is 5.21. The van der Waals surface area contributed by atoms with Gasteiger partial charge in [0.2, 0.25) is 5.91 Å². The van der Waals surface area contributed by atoms with Gasteiger partial charge in [-0.2, -0.15) is 11.8 Å². The van der Waals surface area contributed by atoms with Crippen LogP contribution in [0.4, 0.5) is 0 Å². The van der Waals surface area contributed by atoms with E-state index in [1.54, 1.807) is 0 Å². The fraction of sp³-hybridized carbons (Fsp3) is 0.909. The summed E-state index contributed by atoms with van der Waals surface area (Å²) in [6.07, 6.45) is 7.70. The second-order valence-electron chi connectivity index (χ2n) is 4.45. The summed E-state index contributed by atoms with van der Waals surface area (Å²) in [5, 5.41) is 3.37. The van der Waals surface area contributed by atoms with Gasteiger partial charge in [0.05, 0.1) is 12.7 Å². The van der Waals surface area contributed by atoms with Gasteiger partial charge in [0, 0.05) is 12.3 Å². The van der Waals surface area contributed by atoms with E-state index in [-0.39, 0.29) is 0 Å². The molecule has 0 aromatic heterocycles. The smallest absolute Gasteiger partial charge is 0.237 e. The number of rotatable bonds is 4. The van der Waals surface area contributed by atoms with Gasteiger partial charge in [0.25, 0.3) is 0 Å². The predicted molar refractivity (Wildman–Crippen MR) is 63.8 cm³/mol. The van der Waals surface area contributed by atoms with Crippen molar-refractivity contribution < 1.29 is 4.79 Å². The lowest BCUT2D eigenvalue weighted by atomic mass is 10.0. The number of carbonyl (C=O) groups excluding carboxylic acids is 1. The van der Waals surface area contributed by atoms with E-state index in [9.17, 15) is 4.79 Å². The first-order valence-corrected chi connectivity index (χ1v) is 7.24. The maximum atomic E-state index is 11.7. The summed E-state index contributed by atoms with van der Waals surface area (Å²) in [5.41, 5.74) is 0. The fourth-order valence-corrected chi connectivity index (χ4v) is 3.09. The lowest BCUT2D eigenvalue weighted by molar-refractivity contribution is -0.128. The highest BCUT2D eigenvalue weighted by Gasteiger charge is 2.36. The molecular formula is C11H20N2OS. The van der Waals surface area contributed by atoms with Crippen molar-refractivity contribution >= 4 is 17.7 Å². The van der Waals surface area contributed by atoms with E-state index in [1.165, 1.54) is 25.7 Å². The quantitative estimate of drug-likeness (QED) is 0.787. The largest absolute Gasteiger partial charge is 0.325 e. The molecule has 1 heterocycles. The van der Waals surface area contributed by atoms with Crippen molar-refractivity contribution in [3.63, 3.8) is 0 Å². The molecular weight excluding hydrogens is 208 g/mol. The third-order valence-electron chi connectivity index (χ3n) is 3.50. The van der Waals surface area contributed by atoms with Crippen LogP contribution in [0.5, 0.6) is 0 Å². The Morgan fingerprint density at radius 3 is 2.87 bits per heavy atom. The van der Waals surface area contributed by atoms with Crippen LogP contribution < -0.4 is 5.32 Å². The van der Waals surface area contributed by atoms with Gasteiger partial charge in [-0.3, -0.25) is 10.1 Å². The second-order valence-corrected chi connectivity index (χ2v) is 5.44. The molecule has 0 aromatic rings. The molecule has 0 radical (unpaired) electrons. The third kappa shape index (κ3) is 2.48. The molecule has 1 aliphatic carbocycles. The molecule has 1 saturated carbocycles. The summed E-state index contributed by atoms with van der Waals surface area (Å²) in [4.78, 5) is 13.8. The van der Waals surface area contributed by atoms with Crippen LogP contribution in [0.1, 0.15) is 25.7 Å². The summed E-state index contributed by atoms with van der Waals surface area (Å²) in [6, 6.07) is 0. The SMILES string of the molecule is CSCCN1C(=O)CNC1C1CCCC1. The summed E-state index contributed by atoms with van der Waals surface area (Å²) >= 11 is 1.81. The number of nitrogens with zero attached hydrogens (tertiary/aromatic N) is 1. The molecule has 0 spiro atoms. The molecule has 0 bridgehead atoms. The molecule has 0 aromatic carbocycles. The van der Waals surface area contributed by atoms with Crippen molar-refractivity contribution in [2.45, 2.75) is 31.8 Å². The Labute approximate surface area is 96.0 Å². The highest BCUT2D eigenvalue weighted by atomic mass is 32.2. The maximum absolute atomic E-state index is 11.7. The van der Waals surface area contributed by atoms with Gasteiger partial charge >= 0.3 is 0 Å². The van der Waals surface area contributed by atoms with E-state index in [0.717, 1.165) is 12.3 Å². The van der Waals surface area contributed by atoms with Crippen LogP contribution >= 0.6 is 11.8 Å². The van der Waals surface area contributed by atoms with E-state index in [2.05, 4.69) is 16.5 Å².